The third-order valence-corrected chi connectivity index (χ3v) is 5.12. The standard InChI is InChI=1S/C18H29N5S/c1-14(2)12-23-9-8-20-16(23)11-21-17(19-5)22-13-18(3,4)15-7-6-10-24-15/h6-10,14H,11-13H2,1-5H3,(H2,19,21,22). The van der Waals surface area contributed by atoms with Crippen LogP contribution in [0.4, 0.5) is 0 Å². The molecule has 0 saturated carbocycles. The first-order valence-corrected chi connectivity index (χ1v) is 9.29. The lowest BCUT2D eigenvalue weighted by Gasteiger charge is -2.25. The van der Waals surface area contributed by atoms with E-state index in [0.29, 0.717) is 12.5 Å². The summed E-state index contributed by atoms with van der Waals surface area (Å²) in [4.78, 5) is 10.1. The molecule has 0 unspecified atom stereocenters. The van der Waals surface area contributed by atoms with Crippen LogP contribution in [-0.2, 0) is 18.5 Å². The Kier molecular flexibility index (Phi) is 6.43. The molecule has 0 aromatic carbocycles. The molecule has 132 valence electrons. The van der Waals surface area contributed by atoms with Crippen LogP contribution in [0.25, 0.3) is 0 Å². The number of aliphatic imine (C=N–C) groups is 1. The van der Waals surface area contributed by atoms with Crippen molar-refractivity contribution in [1.82, 2.24) is 20.2 Å². The highest BCUT2D eigenvalue weighted by Gasteiger charge is 2.22. The lowest BCUT2D eigenvalue weighted by molar-refractivity contribution is 0.500. The van der Waals surface area contributed by atoms with E-state index in [1.807, 2.05) is 12.4 Å². The van der Waals surface area contributed by atoms with Crippen LogP contribution in [0.3, 0.4) is 0 Å². The maximum atomic E-state index is 4.44. The molecule has 0 aliphatic rings. The molecule has 0 fully saturated rings. The van der Waals surface area contributed by atoms with Gasteiger partial charge < -0.3 is 15.2 Å². The molecular weight excluding hydrogens is 318 g/mol. The molecule has 24 heavy (non-hydrogen) atoms. The second kappa shape index (κ2) is 8.33. The second-order valence-corrected chi connectivity index (χ2v) is 7.98. The minimum atomic E-state index is 0.0713. The van der Waals surface area contributed by atoms with E-state index in [1.165, 1.54) is 4.88 Å². The summed E-state index contributed by atoms with van der Waals surface area (Å²) in [5.41, 5.74) is 0.0713. The second-order valence-electron chi connectivity index (χ2n) is 7.03. The Morgan fingerprint density at radius 1 is 1.38 bits per heavy atom. The van der Waals surface area contributed by atoms with E-state index >= 15 is 0 Å². The highest BCUT2D eigenvalue weighted by atomic mass is 32.1. The number of nitrogens with one attached hydrogen (secondary N) is 2. The van der Waals surface area contributed by atoms with Crippen LogP contribution >= 0.6 is 11.3 Å². The van der Waals surface area contributed by atoms with Crippen LogP contribution < -0.4 is 10.6 Å². The topological polar surface area (TPSA) is 54.2 Å². The van der Waals surface area contributed by atoms with Gasteiger partial charge in [0.25, 0.3) is 0 Å². The summed E-state index contributed by atoms with van der Waals surface area (Å²) in [5.74, 6) is 2.44. The van der Waals surface area contributed by atoms with Crippen molar-refractivity contribution in [3.63, 3.8) is 0 Å². The molecular formula is C18H29N5S. The zero-order chi connectivity index (χ0) is 17.6. The van der Waals surface area contributed by atoms with Gasteiger partial charge in [-0.05, 0) is 17.4 Å². The number of thiophene rings is 1. The van der Waals surface area contributed by atoms with Crippen molar-refractivity contribution in [3.8, 4) is 0 Å². The zero-order valence-electron chi connectivity index (χ0n) is 15.3. The van der Waals surface area contributed by atoms with Gasteiger partial charge in [0.2, 0.25) is 0 Å². The average molecular weight is 348 g/mol. The van der Waals surface area contributed by atoms with Gasteiger partial charge in [0, 0.05) is 42.8 Å². The van der Waals surface area contributed by atoms with E-state index in [0.717, 1.165) is 24.9 Å². The summed E-state index contributed by atoms with van der Waals surface area (Å²) in [6.45, 7) is 11.4. The smallest absolute Gasteiger partial charge is 0.191 e. The molecule has 2 rings (SSSR count). The van der Waals surface area contributed by atoms with Gasteiger partial charge in [0.15, 0.2) is 5.96 Å². The largest absolute Gasteiger partial charge is 0.356 e. The molecule has 2 aromatic heterocycles. The molecule has 5 nitrogen and oxygen atoms in total. The van der Waals surface area contributed by atoms with E-state index in [-0.39, 0.29) is 5.41 Å². The fourth-order valence-corrected chi connectivity index (χ4v) is 3.36. The van der Waals surface area contributed by atoms with E-state index in [2.05, 4.69) is 70.4 Å². The van der Waals surface area contributed by atoms with Gasteiger partial charge >= 0.3 is 0 Å². The molecule has 0 radical (unpaired) electrons. The van der Waals surface area contributed by atoms with Crippen molar-refractivity contribution in [1.29, 1.82) is 0 Å². The number of rotatable bonds is 7. The maximum absolute atomic E-state index is 4.44. The Bertz CT molecular complexity index is 640. The van der Waals surface area contributed by atoms with Crippen LogP contribution in [0.2, 0.25) is 0 Å². The molecule has 2 N–H and O–H groups in total. The lowest BCUT2D eigenvalue weighted by atomic mass is 9.91. The Morgan fingerprint density at radius 2 is 2.17 bits per heavy atom. The Labute approximate surface area is 149 Å². The summed E-state index contributed by atoms with van der Waals surface area (Å²) in [6, 6.07) is 4.29. The van der Waals surface area contributed by atoms with E-state index < -0.39 is 0 Å². The first kappa shape index (κ1) is 18.5. The predicted octanol–water partition coefficient (Wildman–Crippen LogP) is 3.24. The van der Waals surface area contributed by atoms with Gasteiger partial charge in [-0.2, -0.15) is 0 Å². The first-order valence-electron chi connectivity index (χ1n) is 8.41. The molecule has 2 aromatic rings. The van der Waals surface area contributed by atoms with Crippen LogP contribution in [0, 0.1) is 5.92 Å². The van der Waals surface area contributed by atoms with E-state index in [4.69, 9.17) is 0 Å². The molecule has 2 heterocycles. The SMILES string of the molecule is CN=C(NCc1nccn1CC(C)C)NCC(C)(C)c1cccs1. The fraction of sp³-hybridized carbons (Fsp3) is 0.556. The molecule has 0 aliphatic heterocycles. The third-order valence-electron chi connectivity index (χ3n) is 3.89. The number of imidazole rings is 1. The Hall–Kier alpha value is -1.82. The van der Waals surface area contributed by atoms with Crippen molar-refractivity contribution in [3.05, 3.63) is 40.6 Å². The van der Waals surface area contributed by atoms with Gasteiger partial charge in [-0.15, -0.1) is 11.3 Å². The van der Waals surface area contributed by atoms with Gasteiger partial charge in [0.1, 0.15) is 5.82 Å². The minimum Gasteiger partial charge on any atom is -0.356 e. The molecule has 0 spiro atoms. The van der Waals surface area contributed by atoms with Crippen molar-refractivity contribution >= 4 is 17.3 Å². The highest BCUT2D eigenvalue weighted by molar-refractivity contribution is 7.10. The number of nitrogens with zero attached hydrogens (tertiary/aromatic N) is 3. The van der Waals surface area contributed by atoms with Crippen molar-refractivity contribution < 1.29 is 0 Å². The van der Waals surface area contributed by atoms with Gasteiger partial charge in [-0.25, -0.2) is 4.98 Å². The minimum absolute atomic E-state index is 0.0713. The highest BCUT2D eigenvalue weighted by Crippen LogP contribution is 2.26. The summed E-state index contributed by atoms with van der Waals surface area (Å²) in [5, 5.41) is 8.92. The van der Waals surface area contributed by atoms with Crippen molar-refractivity contribution in [2.75, 3.05) is 13.6 Å². The van der Waals surface area contributed by atoms with Gasteiger partial charge in [-0.3, -0.25) is 4.99 Å². The van der Waals surface area contributed by atoms with Crippen LogP contribution in [-0.4, -0.2) is 29.1 Å². The molecule has 0 bridgehead atoms. The number of aromatic nitrogens is 2. The summed E-state index contributed by atoms with van der Waals surface area (Å²) < 4.78 is 2.19. The quantitative estimate of drug-likeness (QED) is 0.597. The summed E-state index contributed by atoms with van der Waals surface area (Å²) >= 11 is 1.79. The monoisotopic (exact) mass is 347 g/mol. The van der Waals surface area contributed by atoms with Crippen molar-refractivity contribution in [2.24, 2.45) is 10.9 Å². The predicted molar refractivity (Wildman–Crippen MR) is 103 cm³/mol. The van der Waals surface area contributed by atoms with E-state index in [9.17, 15) is 0 Å². The lowest BCUT2D eigenvalue weighted by Crippen LogP contribution is -2.43. The molecule has 0 saturated heterocycles. The average Bonchev–Trinajstić information content (AvgIpc) is 3.19. The Balaban J connectivity index is 1.88. The Morgan fingerprint density at radius 3 is 2.79 bits per heavy atom. The summed E-state index contributed by atoms with van der Waals surface area (Å²) in [6.07, 6.45) is 3.89. The number of hydrogen-bond acceptors (Lipinski definition) is 3. The van der Waals surface area contributed by atoms with Crippen LogP contribution in [0.5, 0.6) is 0 Å². The maximum Gasteiger partial charge on any atom is 0.191 e. The molecule has 6 heteroatoms. The molecule has 0 aliphatic carbocycles. The third kappa shape index (κ3) is 5.09. The van der Waals surface area contributed by atoms with Crippen LogP contribution in [0.1, 0.15) is 38.4 Å². The molecule has 0 atom stereocenters. The first-order chi connectivity index (χ1) is 11.4. The van der Waals surface area contributed by atoms with Crippen molar-refractivity contribution in [2.45, 2.75) is 46.2 Å². The number of guanidine groups is 1. The fourth-order valence-electron chi connectivity index (χ4n) is 2.51. The van der Waals surface area contributed by atoms with Crippen LogP contribution in [0.15, 0.2) is 34.9 Å². The zero-order valence-corrected chi connectivity index (χ0v) is 16.2. The summed E-state index contributed by atoms with van der Waals surface area (Å²) in [7, 11) is 1.80. The van der Waals surface area contributed by atoms with Gasteiger partial charge in [0.05, 0.1) is 6.54 Å². The van der Waals surface area contributed by atoms with E-state index in [1.54, 1.807) is 18.4 Å². The van der Waals surface area contributed by atoms with Gasteiger partial charge in [-0.1, -0.05) is 33.8 Å². The normalized spacial score (nSPS) is 12.7. The molecule has 0 amide bonds. The number of hydrogen-bond donors (Lipinski definition) is 2.